The van der Waals surface area contributed by atoms with Crippen molar-refractivity contribution in [2.45, 2.75) is 40.2 Å². The minimum absolute atomic E-state index is 0.434. The SMILES string of the molecule is CC(C)(C)CCCn1ccc2c(Br)cccc21. The molecular weight excluding hydrogens is 274 g/mol. The average Bonchev–Trinajstić information content (AvgIpc) is 2.61. The van der Waals surface area contributed by atoms with Crippen molar-refractivity contribution >= 4 is 26.8 Å². The molecule has 17 heavy (non-hydrogen) atoms. The standard InChI is InChI=1S/C15H20BrN/c1-15(2,3)9-5-10-17-11-8-12-13(16)6-4-7-14(12)17/h4,6-8,11H,5,9-10H2,1-3H3. The average molecular weight is 294 g/mol. The summed E-state index contributed by atoms with van der Waals surface area (Å²) in [4.78, 5) is 0. The monoisotopic (exact) mass is 293 g/mol. The summed E-state index contributed by atoms with van der Waals surface area (Å²) in [5.41, 5.74) is 1.76. The molecule has 0 aliphatic carbocycles. The van der Waals surface area contributed by atoms with Crippen LogP contribution in [0, 0.1) is 5.41 Å². The molecule has 1 aromatic heterocycles. The van der Waals surface area contributed by atoms with E-state index in [4.69, 9.17) is 0 Å². The molecule has 2 heteroatoms. The maximum atomic E-state index is 3.60. The van der Waals surface area contributed by atoms with E-state index < -0.39 is 0 Å². The number of halogens is 1. The molecule has 0 N–H and O–H groups in total. The van der Waals surface area contributed by atoms with Crippen LogP contribution in [0.1, 0.15) is 33.6 Å². The van der Waals surface area contributed by atoms with E-state index in [1.165, 1.54) is 28.2 Å². The first-order valence-electron chi connectivity index (χ1n) is 6.21. The van der Waals surface area contributed by atoms with Gasteiger partial charge < -0.3 is 4.57 Å². The van der Waals surface area contributed by atoms with Crippen LogP contribution in [-0.4, -0.2) is 4.57 Å². The quantitative estimate of drug-likeness (QED) is 0.730. The van der Waals surface area contributed by atoms with Gasteiger partial charge in [0.1, 0.15) is 0 Å². The fourth-order valence-corrected chi connectivity index (χ4v) is 2.65. The highest BCUT2D eigenvalue weighted by atomic mass is 79.9. The molecule has 0 spiro atoms. The van der Waals surface area contributed by atoms with Crippen molar-refractivity contribution in [3.05, 3.63) is 34.9 Å². The van der Waals surface area contributed by atoms with E-state index in [0.717, 1.165) is 6.54 Å². The smallest absolute Gasteiger partial charge is 0.0491 e. The predicted molar refractivity (Wildman–Crippen MR) is 78.3 cm³/mol. The Morgan fingerprint density at radius 3 is 2.65 bits per heavy atom. The van der Waals surface area contributed by atoms with Crippen molar-refractivity contribution < 1.29 is 0 Å². The van der Waals surface area contributed by atoms with E-state index in [2.05, 4.69) is 71.7 Å². The minimum atomic E-state index is 0.434. The molecule has 0 saturated carbocycles. The molecule has 0 amide bonds. The van der Waals surface area contributed by atoms with E-state index in [9.17, 15) is 0 Å². The van der Waals surface area contributed by atoms with E-state index in [0.29, 0.717) is 5.41 Å². The Kier molecular flexibility index (Phi) is 3.62. The van der Waals surface area contributed by atoms with Crippen molar-refractivity contribution in [1.29, 1.82) is 0 Å². The van der Waals surface area contributed by atoms with Crippen LogP contribution < -0.4 is 0 Å². The maximum absolute atomic E-state index is 3.60. The number of hydrogen-bond donors (Lipinski definition) is 0. The molecule has 0 unspecified atom stereocenters. The highest BCUT2D eigenvalue weighted by Crippen LogP contribution is 2.26. The molecule has 0 atom stereocenters. The summed E-state index contributed by atoms with van der Waals surface area (Å²) < 4.78 is 3.54. The first kappa shape index (κ1) is 12.7. The summed E-state index contributed by atoms with van der Waals surface area (Å²) >= 11 is 3.60. The van der Waals surface area contributed by atoms with E-state index >= 15 is 0 Å². The van der Waals surface area contributed by atoms with Gasteiger partial charge in [0.25, 0.3) is 0 Å². The zero-order valence-corrected chi connectivity index (χ0v) is 12.4. The van der Waals surface area contributed by atoms with Gasteiger partial charge in [0, 0.05) is 28.1 Å². The fraction of sp³-hybridized carbons (Fsp3) is 0.467. The van der Waals surface area contributed by atoms with Crippen molar-refractivity contribution in [2.75, 3.05) is 0 Å². The summed E-state index contributed by atoms with van der Waals surface area (Å²) in [6.07, 6.45) is 4.69. The van der Waals surface area contributed by atoms with E-state index in [1.54, 1.807) is 0 Å². The van der Waals surface area contributed by atoms with E-state index in [-0.39, 0.29) is 0 Å². The second-order valence-electron chi connectivity index (χ2n) is 5.85. The van der Waals surface area contributed by atoms with Crippen LogP contribution >= 0.6 is 15.9 Å². The topological polar surface area (TPSA) is 4.93 Å². The van der Waals surface area contributed by atoms with Crippen molar-refractivity contribution in [1.82, 2.24) is 4.57 Å². The summed E-state index contributed by atoms with van der Waals surface area (Å²) in [7, 11) is 0. The minimum Gasteiger partial charge on any atom is -0.347 e. The largest absolute Gasteiger partial charge is 0.347 e. The third-order valence-corrected chi connectivity index (χ3v) is 3.78. The molecule has 0 aliphatic heterocycles. The Hall–Kier alpha value is -0.760. The molecular formula is C15H20BrN. The van der Waals surface area contributed by atoms with Crippen LogP contribution in [0.2, 0.25) is 0 Å². The molecule has 1 aromatic carbocycles. The van der Waals surface area contributed by atoms with Gasteiger partial charge in [0.15, 0.2) is 0 Å². The van der Waals surface area contributed by atoms with Gasteiger partial charge in [-0.15, -0.1) is 0 Å². The molecule has 0 bridgehead atoms. The normalized spacial score (nSPS) is 12.2. The number of benzene rings is 1. The maximum Gasteiger partial charge on any atom is 0.0491 e. The Labute approximate surface area is 112 Å². The molecule has 92 valence electrons. The number of nitrogens with zero attached hydrogens (tertiary/aromatic N) is 1. The second-order valence-corrected chi connectivity index (χ2v) is 6.70. The van der Waals surface area contributed by atoms with Gasteiger partial charge in [0.2, 0.25) is 0 Å². The van der Waals surface area contributed by atoms with Crippen molar-refractivity contribution in [3.8, 4) is 0 Å². The van der Waals surface area contributed by atoms with Gasteiger partial charge >= 0.3 is 0 Å². The molecule has 0 saturated heterocycles. The summed E-state index contributed by atoms with van der Waals surface area (Å²) in [6.45, 7) is 8.02. The highest BCUT2D eigenvalue weighted by Gasteiger charge is 2.10. The van der Waals surface area contributed by atoms with Gasteiger partial charge in [-0.3, -0.25) is 0 Å². The van der Waals surface area contributed by atoms with Gasteiger partial charge in [-0.1, -0.05) is 42.8 Å². The number of aryl methyl sites for hydroxylation is 1. The van der Waals surface area contributed by atoms with Gasteiger partial charge in [-0.05, 0) is 36.5 Å². The molecule has 1 nitrogen and oxygen atoms in total. The lowest BCUT2D eigenvalue weighted by Crippen LogP contribution is -2.07. The summed E-state index contributed by atoms with van der Waals surface area (Å²) in [5.74, 6) is 0. The zero-order valence-electron chi connectivity index (χ0n) is 10.8. The summed E-state index contributed by atoms with van der Waals surface area (Å²) in [5, 5.41) is 1.31. The summed E-state index contributed by atoms with van der Waals surface area (Å²) in [6, 6.07) is 8.59. The molecule has 1 heterocycles. The Morgan fingerprint density at radius 2 is 1.94 bits per heavy atom. The Bertz CT molecular complexity index is 505. The van der Waals surface area contributed by atoms with Crippen LogP contribution in [0.4, 0.5) is 0 Å². The fourth-order valence-electron chi connectivity index (χ4n) is 2.16. The zero-order chi connectivity index (χ0) is 12.5. The molecule has 0 fully saturated rings. The van der Waals surface area contributed by atoms with Crippen molar-refractivity contribution in [3.63, 3.8) is 0 Å². The Balaban J connectivity index is 2.12. The number of fused-ring (bicyclic) bond motifs is 1. The lowest BCUT2D eigenvalue weighted by atomic mass is 9.91. The third kappa shape index (κ3) is 3.12. The van der Waals surface area contributed by atoms with Gasteiger partial charge in [-0.25, -0.2) is 0 Å². The molecule has 0 aliphatic rings. The predicted octanol–water partition coefficient (Wildman–Crippen LogP) is 5.23. The molecule has 2 aromatic rings. The van der Waals surface area contributed by atoms with Gasteiger partial charge in [-0.2, -0.15) is 0 Å². The van der Waals surface area contributed by atoms with Crippen LogP contribution in [0.3, 0.4) is 0 Å². The van der Waals surface area contributed by atoms with Crippen LogP contribution in [0.15, 0.2) is 34.9 Å². The number of hydrogen-bond acceptors (Lipinski definition) is 0. The highest BCUT2D eigenvalue weighted by molar-refractivity contribution is 9.10. The van der Waals surface area contributed by atoms with Crippen LogP contribution in [0.5, 0.6) is 0 Å². The number of rotatable bonds is 3. The van der Waals surface area contributed by atoms with Crippen molar-refractivity contribution in [2.24, 2.45) is 5.41 Å². The lowest BCUT2D eigenvalue weighted by Gasteiger charge is -2.18. The number of aromatic nitrogens is 1. The first-order chi connectivity index (χ1) is 7.97. The van der Waals surface area contributed by atoms with E-state index in [1.807, 2.05) is 0 Å². The van der Waals surface area contributed by atoms with Gasteiger partial charge in [0.05, 0.1) is 0 Å². The lowest BCUT2D eigenvalue weighted by molar-refractivity contribution is 0.355. The Morgan fingerprint density at radius 1 is 1.18 bits per heavy atom. The molecule has 0 radical (unpaired) electrons. The molecule has 2 rings (SSSR count). The third-order valence-electron chi connectivity index (χ3n) is 3.09. The van der Waals surface area contributed by atoms with Crippen LogP contribution in [0.25, 0.3) is 10.9 Å². The first-order valence-corrected chi connectivity index (χ1v) is 7.00. The van der Waals surface area contributed by atoms with Crippen LogP contribution in [-0.2, 0) is 6.54 Å². The second kappa shape index (κ2) is 4.85.